The molecule has 1 rings (SSSR count). The van der Waals surface area contributed by atoms with E-state index >= 15 is 0 Å². The van der Waals surface area contributed by atoms with E-state index in [-0.39, 0.29) is 12.3 Å². The smallest absolute Gasteiger partial charge is 0.269 e. The van der Waals surface area contributed by atoms with Crippen LogP contribution in [0.4, 0.5) is 5.69 Å². The van der Waals surface area contributed by atoms with Gasteiger partial charge in [0.05, 0.1) is 17.6 Å². The van der Waals surface area contributed by atoms with Gasteiger partial charge in [0.15, 0.2) is 0 Å². The van der Waals surface area contributed by atoms with E-state index < -0.39 is 16.9 Å². The predicted molar refractivity (Wildman–Crippen MR) is 58.8 cm³/mol. The average molecular weight is 223 g/mol. The van der Waals surface area contributed by atoms with Gasteiger partial charge in [-0.3, -0.25) is 10.1 Å². The normalized spacial score (nSPS) is 14.1. The zero-order chi connectivity index (χ0) is 12.1. The summed E-state index contributed by atoms with van der Waals surface area (Å²) >= 11 is 0. The fraction of sp³-hybridized carbons (Fsp3) is 0.273. The largest absolute Gasteiger partial charge is 0.396 e. The molecule has 5 heteroatoms. The van der Waals surface area contributed by atoms with E-state index in [1.54, 1.807) is 0 Å². The molecule has 2 N–H and O–H groups in total. The molecule has 0 aromatic heterocycles. The van der Waals surface area contributed by atoms with Crippen molar-refractivity contribution in [3.05, 3.63) is 52.6 Å². The highest BCUT2D eigenvalue weighted by molar-refractivity contribution is 5.34. The topological polar surface area (TPSA) is 83.6 Å². The number of hydrogen-bond acceptors (Lipinski definition) is 4. The second kappa shape index (κ2) is 5.39. The number of non-ortho nitro benzene ring substituents is 1. The van der Waals surface area contributed by atoms with Gasteiger partial charge in [-0.1, -0.05) is 6.08 Å². The Kier molecular flexibility index (Phi) is 4.16. The summed E-state index contributed by atoms with van der Waals surface area (Å²) < 4.78 is 0. The van der Waals surface area contributed by atoms with Crippen molar-refractivity contribution in [2.45, 2.75) is 6.10 Å². The molecule has 0 fully saturated rings. The van der Waals surface area contributed by atoms with E-state index in [0.29, 0.717) is 5.56 Å². The van der Waals surface area contributed by atoms with Crippen LogP contribution in [0, 0.1) is 16.0 Å². The van der Waals surface area contributed by atoms with Gasteiger partial charge in [0.1, 0.15) is 0 Å². The Hall–Kier alpha value is -1.72. The molecule has 0 saturated heterocycles. The summed E-state index contributed by atoms with van der Waals surface area (Å²) in [6.07, 6.45) is 0.551. The SMILES string of the molecule is C=C[C@H](CO)[C@H](O)c1ccc([N+](=O)[O-])cc1. The van der Waals surface area contributed by atoms with Gasteiger partial charge in [0.2, 0.25) is 0 Å². The minimum Gasteiger partial charge on any atom is -0.396 e. The van der Waals surface area contributed by atoms with E-state index in [0.717, 1.165) is 0 Å². The molecule has 1 aromatic rings. The lowest BCUT2D eigenvalue weighted by Gasteiger charge is -2.17. The highest BCUT2D eigenvalue weighted by Gasteiger charge is 2.17. The Morgan fingerprint density at radius 1 is 1.44 bits per heavy atom. The third-order valence-corrected chi connectivity index (χ3v) is 2.36. The Labute approximate surface area is 92.8 Å². The predicted octanol–water partition coefficient (Wildman–Crippen LogP) is 1.42. The van der Waals surface area contributed by atoms with E-state index in [1.807, 2.05) is 0 Å². The molecule has 0 unspecified atom stereocenters. The number of hydrogen-bond donors (Lipinski definition) is 2. The average Bonchev–Trinajstić information content (AvgIpc) is 2.30. The van der Waals surface area contributed by atoms with Crippen molar-refractivity contribution in [3.63, 3.8) is 0 Å². The summed E-state index contributed by atoms with van der Waals surface area (Å²) in [5.74, 6) is -0.471. The maximum atomic E-state index is 10.4. The molecular formula is C11H13NO4. The van der Waals surface area contributed by atoms with Crippen molar-refractivity contribution in [2.24, 2.45) is 5.92 Å². The van der Waals surface area contributed by atoms with Gasteiger partial charge in [0.25, 0.3) is 5.69 Å². The lowest BCUT2D eigenvalue weighted by atomic mass is 9.96. The molecule has 86 valence electrons. The molecule has 0 spiro atoms. The van der Waals surface area contributed by atoms with Gasteiger partial charge in [0, 0.05) is 18.1 Å². The number of nitro benzene ring substituents is 1. The Morgan fingerprint density at radius 3 is 2.38 bits per heavy atom. The van der Waals surface area contributed by atoms with Crippen molar-refractivity contribution >= 4 is 5.69 Å². The van der Waals surface area contributed by atoms with Crippen LogP contribution in [0.15, 0.2) is 36.9 Å². The van der Waals surface area contributed by atoms with Gasteiger partial charge in [-0.15, -0.1) is 6.58 Å². The summed E-state index contributed by atoms with van der Waals surface area (Å²) in [5.41, 5.74) is 0.486. The second-order valence-electron chi connectivity index (χ2n) is 3.38. The molecule has 16 heavy (non-hydrogen) atoms. The zero-order valence-electron chi connectivity index (χ0n) is 8.61. The molecule has 0 aliphatic heterocycles. The third kappa shape index (κ3) is 2.65. The fourth-order valence-corrected chi connectivity index (χ4v) is 1.34. The van der Waals surface area contributed by atoms with Crippen molar-refractivity contribution in [1.29, 1.82) is 0 Å². The van der Waals surface area contributed by atoms with Crippen LogP contribution in [0.3, 0.4) is 0 Å². The molecule has 0 aliphatic rings. The van der Waals surface area contributed by atoms with Crippen molar-refractivity contribution in [1.82, 2.24) is 0 Å². The molecule has 2 atom stereocenters. The number of benzene rings is 1. The van der Waals surface area contributed by atoms with Crippen LogP contribution in [-0.2, 0) is 0 Å². The monoisotopic (exact) mass is 223 g/mol. The lowest BCUT2D eigenvalue weighted by Crippen LogP contribution is -2.13. The molecule has 0 amide bonds. The van der Waals surface area contributed by atoms with Gasteiger partial charge < -0.3 is 10.2 Å². The summed E-state index contributed by atoms with van der Waals surface area (Å²) in [7, 11) is 0. The summed E-state index contributed by atoms with van der Waals surface area (Å²) in [6.45, 7) is 3.28. The molecule has 0 bridgehead atoms. The maximum Gasteiger partial charge on any atom is 0.269 e. The molecule has 1 aromatic carbocycles. The van der Waals surface area contributed by atoms with Crippen LogP contribution in [0.1, 0.15) is 11.7 Å². The van der Waals surface area contributed by atoms with Gasteiger partial charge in [-0.05, 0) is 17.7 Å². The Bertz CT molecular complexity index is 374. The molecule has 0 saturated carbocycles. The first-order chi connectivity index (χ1) is 7.60. The minimum atomic E-state index is -0.900. The highest BCUT2D eigenvalue weighted by Crippen LogP contribution is 2.24. The van der Waals surface area contributed by atoms with Crippen LogP contribution in [-0.4, -0.2) is 21.7 Å². The van der Waals surface area contributed by atoms with E-state index in [1.165, 1.54) is 30.3 Å². The third-order valence-electron chi connectivity index (χ3n) is 2.36. The van der Waals surface area contributed by atoms with Crippen LogP contribution >= 0.6 is 0 Å². The number of aliphatic hydroxyl groups is 2. The molecule has 0 heterocycles. The first kappa shape index (κ1) is 12.4. The molecule has 0 aliphatic carbocycles. The maximum absolute atomic E-state index is 10.4. The summed E-state index contributed by atoms with van der Waals surface area (Å²) in [6, 6.07) is 5.57. The van der Waals surface area contributed by atoms with Crippen LogP contribution < -0.4 is 0 Å². The van der Waals surface area contributed by atoms with Gasteiger partial charge in [-0.2, -0.15) is 0 Å². The number of rotatable bonds is 5. The first-order valence-corrected chi connectivity index (χ1v) is 4.76. The van der Waals surface area contributed by atoms with Gasteiger partial charge >= 0.3 is 0 Å². The van der Waals surface area contributed by atoms with Crippen LogP contribution in [0.25, 0.3) is 0 Å². The van der Waals surface area contributed by atoms with E-state index in [2.05, 4.69) is 6.58 Å². The van der Waals surface area contributed by atoms with Crippen molar-refractivity contribution < 1.29 is 15.1 Å². The van der Waals surface area contributed by atoms with E-state index in [9.17, 15) is 15.2 Å². The molecule has 5 nitrogen and oxygen atoms in total. The second-order valence-corrected chi connectivity index (χ2v) is 3.38. The molecule has 0 radical (unpaired) electrons. The fourth-order valence-electron chi connectivity index (χ4n) is 1.34. The summed E-state index contributed by atoms with van der Waals surface area (Å²) in [4.78, 5) is 9.91. The summed E-state index contributed by atoms with van der Waals surface area (Å²) in [5, 5.41) is 29.2. The lowest BCUT2D eigenvalue weighted by molar-refractivity contribution is -0.384. The minimum absolute atomic E-state index is 0.0323. The zero-order valence-corrected chi connectivity index (χ0v) is 8.61. The van der Waals surface area contributed by atoms with Crippen molar-refractivity contribution in [2.75, 3.05) is 6.61 Å². The van der Waals surface area contributed by atoms with Crippen molar-refractivity contribution in [3.8, 4) is 0 Å². The standard InChI is InChI=1S/C11H13NO4/c1-2-8(7-13)11(14)9-3-5-10(6-4-9)12(15)16/h2-6,8,11,13-14H,1,7H2/t8-,11+/m1/s1. The number of aliphatic hydroxyl groups excluding tert-OH is 2. The highest BCUT2D eigenvalue weighted by atomic mass is 16.6. The number of nitrogens with zero attached hydrogens (tertiary/aromatic N) is 1. The van der Waals surface area contributed by atoms with Gasteiger partial charge in [-0.25, -0.2) is 0 Å². The van der Waals surface area contributed by atoms with E-state index in [4.69, 9.17) is 5.11 Å². The van der Waals surface area contributed by atoms with Crippen LogP contribution in [0.5, 0.6) is 0 Å². The first-order valence-electron chi connectivity index (χ1n) is 4.76. The van der Waals surface area contributed by atoms with Crippen LogP contribution in [0.2, 0.25) is 0 Å². The Balaban J connectivity index is 2.88. The Morgan fingerprint density at radius 2 is 2.00 bits per heavy atom. The molecular weight excluding hydrogens is 210 g/mol. The quantitative estimate of drug-likeness (QED) is 0.449. The number of nitro groups is 1.